The topological polar surface area (TPSA) is 34.1 Å². The highest BCUT2D eigenvalue weighted by Gasteiger charge is 2.10. The summed E-state index contributed by atoms with van der Waals surface area (Å²) >= 11 is 4.96. The van der Waals surface area contributed by atoms with Crippen molar-refractivity contribution in [2.45, 2.75) is 0 Å². The second kappa shape index (κ2) is 2.69. The van der Waals surface area contributed by atoms with Crippen LogP contribution in [-0.4, -0.2) is 33.5 Å². The van der Waals surface area contributed by atoms with Gasteiger partial charge in [0.05, 0.1) is 5.49 Å². The molecule has 0 unspecified atom stereocenters. The van der Waals surface area contributed by atoms with Crippen LogP contribution in [0.1, 0.15) is 0 Å². The van der Waals surface area contributed by atoms with Crippen LogP contribution in [0.15, 0.2) is 0 Å². The van der Waals surface area contributed by atoms with Gasteiger partial charge in [-0.25, -0.2) is 8.42 Å². The predicted octanol–water partition coefficient (Wildman–Crippen LogP) is 0.728. The molecule has 5 heteroatoms. The zero-order valence-corrected chi connectivity index (χ0v) is 8.31. The van der Waals surface area contributed by atoms with Gasteiger partial charge in [0.2, 0.25) is 0 Å². The van der Waals surface area contributed by atoms with Crippen molar-refractivity contribution >= 4 is 27.7 Å². The van der Waals surface area contributed by atoms with E-state index in [2.05, 4.69) is 0 Å². The highest BCUT2D eigenvalue weighted by molar-refractivity contribution is 8.19. The van der Waals surface area contributed by atoms with Crippen LogP contribution in [0, 0.1) is 0 Å². The summed E-state index contributed by atoms with van der Waals surface area (Å²) in [5.41, 5.74) is 0.190. The molecule has 0 saturated carbocycles. The molecule has 0 spiro atoms. The van der Waals surface area contributed by atoms with Crippen molar-refractivity contribution in [3.63, 3.8) is 0 Å². The SMILES string of the molecule is CP(C)(=S)CS(C)(=O)=O. The van der Waals surface area contributed by atoms with E-state index in [0.717, 1.165) is 0 Å². The van der Waals surface area contributed by atoms with Gasteiger partial charge in [-0.2, -0.15) is 0 Å². The number of hydrogen-bond acceptors (Lipinski definition) is 3. The Labute approximate surface area is 61.6 Å². The molecule has 0 aromatic rings. The van der Waals surface area contributed by atoms with E-state index in [0.29, 0.717) is 0 Å². The summed E-state index contributed by atoms with van der Waals surface area (Å²) in [5.74, 6) is 0. The number of sulfone groups is 1. The highest BCUT2D eigenvalue weighted by atomic mass is 32.4. The molecule has 56 valence electrons. The minimum atomic E-state index is -2.84. The van der Waals surface area contributed by atoms with E-state index in [1.165, 1.54) is 6.26 Å². The Morgan fingerprint density at radius 1 is 1.44 bits per heavy atom. The van der Waals surface area contributed by atoms with Gasteiger partial charge in [-0.15, -0.1) is 0 Å². The van der Waals surface area contributed by atoms with E-state index in [1.807, 2.05) is 13.3 Å². The first-order valence-corrected chi connectivity index (χ1v) is 8.37. The van der Waals surface area contributed by atoms with E-state index < -0.39 is 15.9 Å². The molecule has 0 aliphatic heterocycles. The van der Waals surface area contributed by atoms with Gasteiger partial charge < -0.3 is 0 Å². The third-order valence-corrected chi connectivity index (χ3v) is 5.86. The summed E-state index contributed by atoms with van der Waals surface area (Å²) in [7, 11) is -2.84. The van der Waals surface area contributed by atoms with Gasteiger partial charge in [0.15, 0.2) is 9.84 Å². The Balaban J connectivity index is 4.26. The van der Waals surface area contributed by atoms with Crippen molar-refractivity contribution in [3.05, 3.63) is 0 Å². The van der Waals surface area contributed by atoms with Crippen molar-refractivity contribution in [3.8, 4) is 0 Å². The second-order valence-electron chi connectivity index (χ2n) is 2.63. The summed E-state index contributed by atoms with van der Waals surface area (Å²) in [5, 5.41) is 0. The summed E-state index contributed by atoms with van der Waals surface area (Å²) in [6.07, 6.45) is 1.22. The van der Waals surface area contributed by atoms with Crippen molar-refractivity contribution in [1.82, 2.24) is 0 Å². The molecule has 9 heavy (non-hydrogen) atoms. The maximum atomic E-state index is 10.6. The van der Waals surface area contributed by atoms with Gasteiger partial charge >= 0.3 is 0 Å². The van der Waals surface area contributed by atoms with Crippen LogP contribution in [0.4, 0.5) is 0 Å². The van der Waals surface area contributed by atoms with Gasteiger partial charge in [-0.1, -0.05) is 11.8 Å². The van der Waals surface area contributed by atoms with Crippen molar-refractivity contribution in [2.75, 3.05) is 25.1 Å². The summed E-state index contributed by atoms with van der Waals surface area (Å²) < 4.78 is 21.2. The molecule has 0 bridgehead atoms. The smallest absolute Gasteiger partial charge is 0.152 e. The third-order valence-electron chi connectivity index (χ3n) is 0.545. The molecule has 0 heterocycles. The van der Waals surface area contributed by atoms with E-state index in [-0.39, 0.29) is 5.49 Å². The maximum Gasteiger partial charge on any atom is 0.152 e. The molecule has 0 radical (unpaired) electrons. The van der Waals surface area contributed by atoms with E-state index in [9.17, 15) is 8.42 Å². The Bertz CT molecular complexity index is 223. The minimum absolute atomic E-state index is 0.190. The lowest BCUT2D eigenvalue weighted by Gasteiger charge is -2.05. The van der Waals surface area contributed by atoms with Crippen LogP contribution < -0.4 is 0 Å². The normalized spacial score (nSPS) is 13.7. The molecule has 0 aromatic carbocycles. The van der Waals surface area contributed by atoms with E-state index in [1.54, 1.807) is 0 Å². The zero-order valence-electron chi connectivity index (χ0n) is 5.79. The molecule has 0 aliphatic carbocycles. The molecular formula is C4H11O2PS2. The van der Waals surface area contributed by atoms with Gasteiger partial charge in [-0.3, -0.25) is 0 Å². The molecule has 0 saturated heterocycles. The molecule has 0 atom stereocenters. The van der Waals surface area contributed by atoms with Crippen molar-refractivity contribution < 1.29 is 8.42 Å². The maximum absolute atomic E-state index is 10.6. The first-order chi connectivity index (χ1) is 3.71. The van der Waals surface area contributed by atoms with Crippen LogP contribution in [0.25, 0.3) is 0 Å². The Kier molecular flexibility index (Phi) is 2.86. The molecule has 0 amide bonds. The molecule has 0 N–H and O–H groups in total. The lowest BCUT2D eigenvalue weighted by Crippen LogP contribution is -2.01. The molecular weight excluding hydrogens is 175 g/mol. The lowest BCUT2D eigenvalue weighted by molar-refractivity contribution is 0.606. The average molecular weight is 186 g/mol. The van der Waals surface area contributed by atoms with Crippen LogP contribution in [0.5, 0.6) is 0 Å². The minimum Gasteiger partial charge on any atom is -0.229 e. The summed E-state index contributed by atoms with van der Waals surface area (Å²) in [6.45, 7) is 3.67. The van der Waals surface area contributed by atoms with E-state index >= 15 is 0 Å². The lowest BCUT2D eigenvalue weighted by atomic mass is 11.8. The quantitative estimate of drug-likeness (QED) is 0.596. The molecule has 0 aromatic heterocycles. The Morgan fingerprint density at radius 3 is 1.78 bits per heavy atom. The summed E-state index contributed by atoms with van der Waals surface area (Å²) in [6, 6.07) is -1.54. The van der Waals surface area contributed by atoms with Crippen LogP contribution in [0.3, 0.4) is 0 Å². The van der Waals surface area contributed by atoms with Crippen molar-refractivity contribution in [1.29, 1.82) is 0 Å². The Hall–Kier alpha value is 0.600. The van der Waals surface area contributed by atoms with Crippen LogP contribution in [0.2, 0.25) is 0 Å². The number of hydrogen-bond donors (Lipinski definition) is 0. The monoisotopic (exact) mass is 186 g/mol. The fraction of sp³-hybridized carbons (Fsp3) is 1.00. The third kappa shape index (κ3) is 8.60. The fourth-order valence-corrected chi connectivity index (χ4v) is 6.81. The van der Waals surface area contributed by atoms with Gasteiger partial charge in [-0.05, 0) is 19.4 Å². The largest absolute Gasteiger partial charge is 0.229 e. The van der Waals surface area contributed by atoms with Gasteiger partial charge in [0.1, 0.15) is 0 Å². The predicted molar refractivity (Wildman–Crippen MR) is 45.8 cm³/mol. The number of rotatable bonds is 2. The molecule has 0 fully saturated rings. The summed E-state index contributed by atoms with van der Waals surface area (Å²) in [4.78, 5) is 0. The van der Waals surface area contributed by atoms with Crippen LogP contribution >= 0.6 is 6.04 Å². The highest BCUT2D eigenvalue weighted by Crippen LogP contribution is 2.37. The van der Waals surface area contributed by atoms with Gasteiger partial charge in [0, 0.05) is 6.26 Å². The Morgan fingerprint density at radius 2 is 1.78 bits per heavy atom. The molecule has 0 rings (SSSR count). The average Bonchev–Trinajstić information content (AvgIpc) is 1.14. The molecule has 0 aliphatic rings. The van der Waals surface area contributed by atoms with Crippen LogP contribution in [-0.2, 0) is 21.6 Å². The van der Waals surface area contributed by atoms with Gasteiger partial charge in [0.25, 0.3) is 0 Å². The standard InChI is InChI=1S/C4H11O2PS2/c1-7(2,8)4-9(3,5)6/h4H2,1-3H3. The molecule has 2 nitrogen and oxygen atoms in total. The second-order valence-corrected chi connectivity index (χ2v) is 11.6. The fourth-order valence-electron chi connectivity index (χ4n) is 0.565. The first-order valence-electron chi connectivity index (χ1n) is 2.42. The first kappa shape index (κ1) is 9.60. The zero-order chi connectivity index (χ0) is 7.71. The van der Waals surface area contributed by atoms with Crippen molar-refractivity contribution in [2.24, 2.45) is 0 Å². The van der Waals surface area contributed by atoms with E-state index in [4.69, 9.17) is 11.8 Å².